The molecule has 0 heterocycles. The van der Waals surface area contributed by atoms with Gasteiger partial charge in [0.1, 0.15) is 11.5 Å². The van der Waals surface area contributed by atoms with Gasteiger partial charge in [-0.25, -0.2) is 0 Å². The molecule has 0 aliphatic heterocycles. The van der Waals surface area contributed by atoms with E-state index in [4.69, 9.17) is 9.47 Å². The molecular formula is C18H23NO2. The first-order valence-corrected chi connectivity index (χ1v) is 7.24. The Kier molecular flexibility index (Phi) is 5.23. The molecule has 0 fully saturated rings. The van der Waals surface area contributed by atoms with Crippen LogP contribution in [0.5, 0.6) is 11.5 Å². The minimum Gasteiger partial charge on any atom is -0.496 e. The van der Waals surface area contributed by atoms with Crippen LogP contribution in [-0.2, 0) is 0 Å². The average Bonchev–Trinajstić information content (AvgIpc) is 2.51. The molecule has 0 radical (unpaired) electrons. The van der Waals surface area contributed by atoms with E-state index >= 15 is 0 Å². The van der Waals surface area contributed by atoms with Gasteiger partial charge in [0.15, 0.2) is 0 Å². The van der Waals surface area contributed by atoms with Crippen molar-refractivity contribution < 1.29 is 9.47 Å². The summed E-state index contributed by atoms with van der Waals surface area (Å²) in [6.07, 6.45) is 0. The predicted octanol–water partition coefficient (Wildman–Crippen LogP) is 3.71. The van der Waals surface area contributed by atoms with Crippen LogP contribution in [0, 0.1) is 6.92 Å². The number of benzene rings is 2. The molecule has 2 aromatic carbocycles. The van der Waals surface area contributed by atoms with E-state index in [1.54, 1.807) is 7.11 Å². The van der Waals surface area contributed by atoms with Crippen LogP contribution in [-0.4, -0.2) is 20.8 Å². The van der Waals surface area contributed by atoms with Crippen LogP contribution in [0.15, 0.2) is 42.5 Å². The molecule has 0 aliphatic rings. The minimum atomic E-state index is 0.0937. The lowest BCUT2D eigenvalue weighted by molar-refractivity contribution is 0.340. The maximum Gasteiger partial charge on any atom is 0.124 e. The fourth-order valence-electron chi connectivity index (χ4n) is 2.48. The standard InChI is InChI=1S/C18H23NO2/c1-5-21-15-9-7-14(8-10-15)18(19-3)16-11-6-13(2)12-17(16)20-4/h6-12,18-19H,5H2,1-4H3. The van der Waals surface area contributed by atoms with Crippen LogP contribution in [0.1, 0.15) is 29.7 Å². The highest BCUT2D eigenvalue weighted by molar-refractivity contribution is 5.44. The SMILES string of the molecule is CCOc1ccc(C(NC)c2ccc(C)cc2OC)cc1. The van der Waals surface area contributed by atoms with Crippen LogP contribution in [0.2, 0.25) is 0 Å². The monoisotopic (exact) mass is 285 g/mol. The average molecular weight is 285 g/mol. The molecule has 3 nitrogen and oxygen atoms in total. The molecule has 112 valence electrons. The van der Waals surface area contributed by atoms with Crippen molar-refractivity contribution in [2.45, 2.75) is 19.9 Å². The van der Waals surface area contributed by atoms with Crippen molar-refractivity contribution in [2.24, 2.45) is 0 Å². The third-order valence-electron chi connectivity index (χ3n) is 3.51. The Bertz CT molecular complexity index is 578. The fraction of sp³-hybridized carbons (Fsp3) is 0.333. The summed E-state index contributed by atoms with van der Waals surface area (Å²) in [7, 11) is 3.67. The number of hydrogen-bond acceptors (Lipinski definition) is 3. The third-order valence-corrected chi connectivity index (χ3v) is 3.51. The normalized spacial score (nSPS) is 12.0. The minimum absolute atomic E-state index is 0.0937. The molecule has 3 heteroatoms. The van der Waals surface area contributed by atoms with E-state index in [1.807, 2.05) is 26.1 Å². The molecule has 1 unspecified atom stereocenters. The lowest BCUT2D eigenvalue weighted by Gasteiger charge is -2.20. The van der Waals surface area contributed by atoms with Crippen molar-refractivity contribution in [3.05, 3.63) is 59.2 Å². The van der Waals surface area contributed by atoms with E-state index in [-0.39, 0.29) is 6.04 Å². The summed E-state index contributed by atoms with van der Waals surface area (Å²) in [5.41, 5.74) is 3.51. The van der Waals surface area contributed by atoms with Crippen LogP contribution in [0.4, 0.5) is 0 Å². The van der Waals surface area contributed by atoms with E-state index in [0.717, 1.165) is 17.1 Å². The van der Waals surface area contributed by atoms with Crippen molar-refractivity contribution in [2.75, 3.05) is 20.8 Å². The van der Waals surface area contributed by atoms with Gasteiger partial charge in [-0.05, 0) is 50.2 Å². The summed E-state index contributed by atoms with van der Waals surface area (Å²) in [6, 6.07) is 14.6. The van der Waals surface area contributed by atoms with E-state index in [0.29, 0.717) is 6.61 Å². The first-order valence-electron chi connectivity index (χ1n) is 7.24. The molecule has 1 atom stereocenters. The Balaban J connectivity index is 2.35. The topological polar surface area (TPSA) is 30.5 Å². The van der Waals surface area contributed by atoms with E-state index in [2.05, 4.69) is 42.6 Å². The summed E-state index contributed by atoms with van der Waals surface area (Å²) in [5, 5.41) is 3.36. The number of ether oxygens (including phenoxy) is 2. The van der Waals surface area contributed by atoms with Crippen LogP contribution in [0.3, 0.4) is 0 Å². The molecule has 0 bridgehead atoms. The summed E-state index contributed by atoms with van der Waals surface area (Å²) < 4.78 is 11.0. The van der Waals surface area contributed by atoms with Gasteiger partial charge in [-0.1, -0.05) is 24.3 Å². The summed E-state index contributed by atoms with van der Waals surface area (Å²) in [6.45, 7) is 4.74. The Hall–Kier alpha value is -2.00. The number of methoxy groups -OCH3 is 1. The maximum absolute atomic E-state index is 5.53. The second kappa shape index (κ2) is 7.14. The summed E-state index contributed by atoms with van der Waals surface area (Å²) in [5.74, 6) is 1.80. The van der Waals surface area contributed by atoms with Gasteiger partial charge in [0.05, 0.1) is 19.8 Å². The lowest BCUT2D eigenvalue weighted by atomic mass is 9.97. The third kappa shape index (κ3) is 3.56. The number of aryl methyl sites for hydroxylation is 1. The Morgan fingerprint density at radius 3 is 2.38 bits per heavy atom. The van der Waals surface area contributed by atoms with Crippen molar-refractivity contribution in [3.8, 4) is 11.5 Å². The zero-order chi connectivity index (χ0) is 15.2. The fourth-order valence-corrected chi connectivity index (χ4v) is 2.48. The highest BCUT2D eigenvalue weighted by Crippen LogP contribution is 2.31. The van der Waals surface area contributed by atoms with Crippen molar-refractivity contribution in [1.29, 1.82) is 0 Å². The first-order chi connectivity index (χ1) is 10.2. The number of hydrogen-bond donors (Lipinski definition) is 1. The van der Waals surface area contributed by atoms with Crippen LogP contribution < -0.4 is 14.8 Å². The molecule has 0 spiro atoms. The zero-order valence-corrected chi connectivity index (χ0v) is 13.1. The maximum atomic E-state index is 5.53. The summed E-state index contributed by atoms with van der Waals surface area (Å²) in [4.78, 5) is 0. The van der Waals surface area contributed by atoms with E-state index in [1.165, 1.54) is 11.1 Å². The van der Waals surface area contributed by atoms with Gasteiger partial charge in [0.2, 0.25) is 0 Å². The highest BCUT2D eigenvalue weighted by Gasteiger charge is 2.16. The van der Waals surface area contributed by atoms with Gasteiger partial charge in [-0.2, -0.15) is 0 Å². The Labute approximate surface area is 126 Å². The molecule has 1 N–H and O–H groups in total. The molecule has 0 saturated heterocycles. The summed E-state index contributed by atoms with van der Waals surface area (Å²) >= 11 is 0. The van der Waals surface area contributed by atoms with E-state index < -0.39 is 0 Å². The molecule has 0 aromatic heterocycles. The highest BCUT2D eigenvalue weighted by atomic mass is 16.5. The second-order valence-electron chi connectivity index (χ2n) is 4.97. The first kappa shape index (κ1) is 15.4. The number of rotatable bonds is 6. The number of nitrogens with one attached hydrogen (secondary N) is 1. The van der Waals surface area contributed by atoms with Gasteiger partial charge in [0.25, 0.3) is 0 Å². The Morgan fingerprint density at radius 2 is 1.81 bits per heavy atom. The molecular weight excluding hydrogens is 262 g/mol. The smallest absolute Gasteiger partial charge is 0.124 e. The molecule has 0 saturated carbocycles. The predicted molar refractivity (Wildman–Crippen MR) is 86.2 cm³/mol. The molecule has 21 heavy (non-hydrogen) atoms. The van der Waals surface area contributed by atoms with Gasteiger partial charge in [-0.3, -0.25) is 0 Å². The molecule has 0 amide bonds. The Morgan fingerprint density at radius 1 is 1.10 bits per heavy atom. The van der Waals surface area contributed by atoms with Gasteiger partial charge in [-0.15, -0.1) is 0 Å². The van der Waals surface area contributed by atoms with Crippen molar-refractivity contribution in [3.63, 3.8) is 0 Å². The molecule has 0 aliphatic carbocycles. The van der Waals surface area contributed by atoms with E-state index in [9.17, 15) is 0 Å². The van der Waals surface area contributed by atoms with Crippen LogP contribution >= 0.6 is 0 Å². The quantitative estimate of drug-likeness (QED) is 0.877. The van der Waals surface area contributed by atoms with Gasteiger partial charge < -0.3 is 14.8 Å². The second-order valence-corrected chi connectivity index (χ2v) is 4.97. The van der Waals surface area contributed by atoms with Crippen molar-refractivity contribution >= 4 is 0 Å². The molecule has 2 aromatic rings. The lowest BCUT2D eigenvalue weighted by Crippen LogP contribution is -2.18. The van der Waals surface area contributed by atoms with Crippen LogP contribution in [0.25, 0.3) is 0 Å². The largest absolute Gasteiger partial charge is 0.496 e. The van der Waals surface area contributed by atoms with Gasteiger partial charge >= 0.3 is 0 Å². The van der Waals surface area contributed by atoms with Gasteiger partial charge in [0, 0.05) is 5.56 Å². The van der Waals surface area contributed by atoms with Crippen molar-refractivity contribution in [1.82, 2.24) is 5.32 Å². The molecule has 2 rings (SSSR count). The zero-order valence-electron chi connectivity index (χ0n) is 13.1.